The number of hydrogen-bond donors (Lipinski definition) is 2. The van der Waals surface area contributed by atoms with Crippen molar-refractivity contribution in [3.05, 3.63) is 75.1 Å². The summed E-state index contributed by atoms with van der Waals surface area (Å²) in [5.74, 6) is 0.310. The Labute approximate surface area is 169 Å². The van der Waals surface area contributed by atoms with Crippen molar-refractivity contribution in [2.24, 2.45) is 0 Å². The van der Waals surface area contributed by atoms with Crippen LogP contribution in [0.15, 0.2) is 53.7 Å². The molecule has 0 unspecified atom stereocenters. The maximum Gasteiger partial charge on any atom is 0.271 e. The number of carbonyl (C=O) groups excluding carboxylic acids is 1. The lowest BCUT2D eigenvalue weighted by molar-refractivity contribution is -0.384. The zero-order valence-corrected chi connectivity index (χ0v) is 15.9. The van der Waals surface area contributed by atoms with Crippen LogP contribution in [0.2, 0.25) is 5.02 Å². The van der Waals surface area contributed by atoms with Gasteiger partial charge in [0.2, 0.25) is 11.1 Å². The summed E-state index contributed by atoms with van der Waals surface area (Å²) in [5.41, 5.74) is 1.20. The summed E-state index contributed by atoms with van der Waals surface area (Å²) in [5, 5.41) is 20.7. The number of halogens is 1. The fourth-order valence-electron chi connectivity index (χ4n) is 2.17. The molecule has 2 aromatic carbocycles. The van der Waals surface area contributed by atoms with Crippen LogP contribution in [0.4, 0.5) is 11.4 Å². The topological polar surface area (TPSA) is 114 Å². The number of nitro groups is 1. The van der Waals surface area contributed by atoms with Crippen molar-refractivity contribution >= 4 is 52.8 Å². The molecule has 10 heteroatoms. The summed E-state index contributed by atoms with van der Waals surface area (Å²) < 4.78 is 0. The molecule has 0 fully saturated rings. The first-order valence-corrected chi connectivity index (χ1v) is 9.40. The number of benzene rings is 2. The summed E-state index contributed by atoms with van der Waals surface area (Å²) in [4.78, 5) is 26.5. The van der Waals surface area contributed by atoms with Crippen molar-refractivity contribution in [3.8, 4) is 0 Å². The lowest BCUT2D eigenvalue weighted by atomic mass is 10.2. The Morgan fingerprint density at radius 3 is 2.75 bits per heavy atom. The van der Waals surface area contributed by atoms with Crippen LogP contribution in [0, 0.1) is 10.1 Å². The number of aromatic amines is 1. The molecular formula is C18H14ClN5O3S. The van der Waals surface area contributed by atoms with E-state index in [9.17, 15) is 14.9 Å². The zero-order valence-electron chi connectivity index (χ0n) is 14.3. The molecule has 0 atom stereocenters. The molecule has 0 aliphatic carbocycles. The molecule has 3 aromatic rings. The Morgan fingerprint density at radius 1 is 1.25 bits per heavy atom. The molecule has 0 saturated heterocycles. The van der Waals surface area contributed by atoms with Crippen LogP contribution < -0.4 is 5.32 Å². The molecule has 3 rings (SSSR count). The Bertz CT molecular complexity index is 1020. The molecule has 1 amide bonds. The first kappa shape index (κ1) is 19.6. The van der Waals surface area contributed by atoms with Crippen LogP contribution in [-0.4, -0.2) is 31.8 Å². The second kappa shape index (κ2) is 9.16. The van der Waals surface area contributed by atoms with Gasteiger partial charge in [-0.3, -0.25) is 20.0 Å². The highest BCUT2D eigenvalue weighted by Crippen LogP contribution is 2.27. The standard InChI is InChI=1S/C18H14ClN5O3S/c19-14-10-13(24(26)27)7-8-15(14)20-17(25)11-28-18-21-16(22-23-18)9-6-12-4-2-1-3-5-12/h1-10H,11H2,(H,20,25)(H,21,22,23)/b9-6+. The minimum absolute atomic E-state index is 0.0625. The largest absolute Gasteiger partial charge is 0.324 e. The maximum atomic E-state index is 12.1. The van der Waals surface area contributed by atoms with E-state index in [4.69, 9.17) is 11.6 Å². The SMILES string of the molecule is O=C(CSc1n[nH]c(/C=C/c2ccccc2)n1)Nc1ccc([N+](=O)[O-])cc1Cl. The van der Waals surface area contributed by atoms with E-state index in [0.29, 0.717) is 16.7 Å². The highest BCUT2D eigenvalue weighted by Gasteiger charge is 2.12. The number of hydrogen-bond acceptors (Lipinski definition) is 6. The number of carbonyl (C=O) groups is 1. The minimum atomic E-state index is -0.555. The molecule has 1 aromatic heterocycles. The number of amides is 1. The molecule has 2 N–H and O–H groups in total. The monoisotopic (exact) mass is 415 g/mol. The predicted molar refractivity (Wildman–Crippen MR) is 109 cm³/mol. The normalized spacial score (nSPS) is 10.9. The van der Waals surface area contributed by atoms with Gasteiger partial charge in [0.25, 0.3) is 5.69 Å². The van der Waals surface area contributed by atoms with Crippen molar-refractivity contribution in [2.75, 3.05) is 11.1 Å². The third kappa shape index (κ3) is 5.41. The number of aromatic nitrogens is 3. The van der Waals surface area contributed by atoms with Crippen LogP contribution in [0.25, 0.3) is 12.2 Å². The molecule has 142 valence electrons. The lowest BCUT2D eigenvalue weighted by Crippen LogP contribution is -2.14. The molecule has 0 radical (unpaired) electrons. The molecule has 0 aliphatic heterocycles. The highest BCUT2D eigenvalue weighted by atomic mass is 35.5. The van der Waals surface area contributed by atoms with Crippen LogP contribution in [0.3, 0.4) is 0 Å². The van der Waals surface area contributed by atoms with Gasteiger partial charge in [-0.05, 0) is 17.7 Å². The van der Waals surface area contributed by atoms with Gasteiger partial charge in [0.05, 0.1) is 21.4 Å². The van der Waals surface area contributed by atoms with E-state index in [1.54, 1.807) is 6.08 Å². The fourth-order valence-corrected chi connectivity index (χ4v) is 3.00. The third-order valence-corrected chi connectivity index (χ3v) is 4.65. The quantitative estimate of drug-likeness (QED) is 0.338. The summed E-state index contributed by atoms with van der Waals surface area (Å²) in [6.07, 6.45) is 3.70. The summed E-state index contributed by atoms with van der Waals surface area (Å²) >= 11 is 7.11. The predicted octanol–water partition coefficient (Wildman–Crippen LogP) is 4.27. The zero-order chi connectivity index (χ0) is 19.9. The van der Waals surface area contributed by atoms with E-state index in [2.05, 4.69) is 20.5 Å². The molecule has 1 heterocycles. The second-order valence-corrected chi connectivity index (χ2v) is 6.86. The summed E-state index contributed by atoms with van der Waals surface area (Å²) in [7, 11) is 0. The van der Waals surface area contributed by atoms with Crippen LogP contribution in [0.1, 0.15) is 11.4 Å². The number of nitrogens with one attached hydrogen (secondary N) is 2. The van der Waals surface area contributed by atoms with E-state index < -0.39 is 4.92 Å². The molecule has 0 saturated carbocycles. The second-order valence-electron chi connectivity index (χ2n) is 5.51. The van der Waals surface area contributed by atoms with Gasteiger partial charge in [-0.2, -0.15) is 0 Å². The lowest BCUT2D eigenvalue weighted by Gasteiger charge is -2.06. The van der Waals surface area contributed by atoms with E-state index in [0.717, 1.165) is 17.3 Å². The van der Waals surface area contributed by atoms with Crippen LogP contribution in [-0.2, 0) is 4.79 Å². The fraction of sp³-hybridized carbons (Fsp3) is 0.0556. The maximum absolute atomic E-state index is 12.1. The average molecular weight is 416 g/mol. The number of H-pyrrole nitrogens is 1. The van der Waals surface area contributed by atoms with Gasteiger partial charge in [0.1, 0.15) is 5.82 Å². The molecule has 0 bridgehead atoms. The molecular weight excluding hydrogens is 402 g/mol. The van der Waals surface area contributed by atoms with Gasteiger partial charge in [-0.15, -0.1) is 5.10 Å². The Balaban J connectivity index is 1.53. The smallest absolute Gasteiger partial charge is 0.271 e. The Hall–Kier alpha value is -3.17. The van der Waals surface area contributed by atoms with Gasteiger partial charge in [-0.1, -0.05) is 59.8 Å². The number of nitrogens with zero attached hydrogens (tertiary/aromatic N) is 3. The van der Waals surface area contributed by atoms with E-state index in [1.807, 2.05) is 36.4 Å². The van der Waals surface area contributed by atoms with Gasteiger partial charge < -0.3 is 5.32 Å². The average Bonchev–Trinajstić information content (AvgIpc) is 3.15. The minimum Gasteiger partial charge on any atom is -0.324 e. The molecule has 0 spiro atoms. The summed E-state index contributed by atoms with van der Waals surface area (Å²) in [6, 6.07) is 13.6. The number of non-ortho nitro benzene ring substituents is 1. The number of rotatable bonds is 7. The third-order valence-electron chi connectivity index (χ3n) is 3.49. The first-order chi connectivity index (χ1) is 13.5. The van der Waals surface area contributed by atoms with Crippen molar-refractivity contribution in [1.82, 2.24) is 15.2 Å². The van der Waals surface area contributed by atoms with Gasteiger partial charge >= 0.3 is 0 Å². The molecule has 8 nitrogen and oxygen atoms in total. The van der Waals surface area contributed by atoms with Gasteiger partial charge in [0, 0.05) is 12.1 Å². The summed E-state index contributed by atoms with van der Waals surface area (Å²) in [6.45, 7) is 0. The van der Waals surface area contributed by atoms with E-state index in [-0.39, 0.29) is 22.4 Å². The Kier molecular flexibility index (Phi) is 6.41. The van der Waals surface area contributed by atoms with Crippen molar-refractivity contribution in [2.45, 2.75) is 5.16 Å². The number of nitro benzene ring substituents is 1. The van der Waals surface area contributed by atoms with E-state index in [1.165, 1.54) is 18.2 Å². The van der Waals surface area contributed by atoms with Gasteiger partial charge in [-0.25, -0.2) is 4.98 Å². The van der Waals surface area contributed by atoms with Crippen molar-refractivity contribution in [1.29, 1.82) is 0 Å². The highest BCUT2D eigenvalue weighted by molar-refractivity contribution is 7.99. The van der Waals surface area contributed by atoms with Crippen LogP contribution in [0.5, 0.6) is 0 Å². The number of anilines is 1. The van der Waals surface area contributed by atoms with Crippen molar-refractivity contribution in [3.63, 3.8) is 0 Å². The van der Waals surface area contributed by atoms with Crippen molar-refractivity contribution < 1.29 is 9.72 Å². The molecule has 0 aliphatic rings. The van der Waals surface area contributed by atoms with E-state index >= 15 is 0 Å². The number of thioether (sulfide) groups is 1. The molecule has 28 heavy (non-hydrogen) atoms. The van der Waals surface area contributed by atoms with Crippen LogP contribution >= 0.6 is 23.4 Å². The van der Waals surface area contributed by atoms with Gasteiger partial charge in [0.15, 0.2) is 0 Å². The Morgan fingerprint density at radius 2 is 2.04 bits per heavy atom. The first-order valence-electron chi connectivity index (χ1n) is 8.03.